The van der Waals surface area contributed by atoms with Crippen molar-refractivity contribution in [2.75, 3.05) is 0 Å². The predicted molar refractivity (Wildman–Crippen MR) is 51.6 cm³/mol. The second-order valence-corrected chi connectivity index (χ2v) is 0. The molecule has 0 heterocycles. The summed E-state index contributed by atoms with van der Waals surface area (Å²) in [7, 11) is 0. The molecule has 0 N–H and O–H groups in total. The van der Waals surface area contributed by atoms with Gasteiger partial charge in [0.25, 0.3) is 0 Å². The van der Waals surface area contributed by atoms with Crippen molar-refractivity contribution in [2.24, 2.45) is 0 Å². The van der Waals surface area contributed by atoms with Crippen molar-refractivity contribution < 1.29 is 58.9 Å². The largest absolute Gasteiger partial charge is 6.00 e. The number of rotatable bonds is 0. The van der Waals surface area contributed by atoms with Gasteiger partial charge in [0.1, 0.15) is 0 Å². The minimum Gasteiger partial charge on any atom is -2.00 e. The molecule has 0 bridgehead atoms. The van der Waals surface area contributed by atoms with Crippen molar-refractivity contribution >= 4 is 94.5 Å². The van der Waals surface area contributed by atoms with Gasteiger partial charge in [0.2, 0.25) is 0 Å². The summed E-state index contributed by atoms with van der Waals surface area (Å²) in [5.41, 5.74) is 0. The molecule has 10 heavy (non-hydrogen) atoms. The third-order valence-corrected chi connectivity index (χ3v) is 0. The van der Waals surface area contributed by atoms with Crippen LogP contribution < -0.4 is 0 Å². The molecule has 0 saturated carbocycles. The molecule has 0 fully saturated rings. The predicted octanol–water partition coefficient (Wildman–Crippen LogP) is -0.0243. The molecule has 0 amide bonds. The zero-order valence-electron chi connectivity index (χ0n) is 4.01. The van der Waals surface area contributed by atoms with Gasteiger partial charge in [0.05, 0.1) is 0 Å². The number of hydrogen-bond acceptors (Lipinski definition) is 0. The van der Waals surface area contributed by atoms with E-state index in [2.05, 4.69) is 0 Å². The average molecular weight is 563 g/mol. The van der Waals surface area contributed by atoms with E-state index in [0.29, 0.717) is 0 Å². The van der Waals surface area contributed by atoms with E-state index >= 15 is 0 Å². The van der Waals surface area contributed by atoms with Crippen molar-refractivity contribution in [3.8, 4) is 0 Å². The zero-order valence-corrected chi connectivity index (χ0v) is 15.7. The van der Waals surface area contributed by atoms with Gasteiger partial charge >= 0.3 is 58.9 Å². The summed E-state index contributed by atoms with van der Waals surface area (Å²) in [6, 6.07) is 0. The van der Waals surface area contributed by atoms with Crippen LogP contribution in [0.5, 0.6) is 0 Å². The van der Waals surface area contributed by atoms with Crippen molar-refractivity contribution in [1.29, 1.82) is 0 Å². The van der Waals surface area contributed by atoms with Gasteiger partial charge in [-0.05, 0) is 0 Å². The molecule has 0 aliphatic rings. The Morgan fingerprint density at radius 1 is 0.400 bits per heavy atom. The van der Waals surface area contributed by atoms with Gasteiger partial charge in [-0.15, -0.1) is 0 Å². The summed E-state index contributed by atoms with van der Waals surface area (Å²) in [4.78, 5) is 0. The first-order chi connectivity index (χ1) is 0. The molecule has 0 aliphatic carbocycles. The van der Waals surface area contributed by atoms with Gasteiger partial charge in [0.15, 0.2) is 0 Å². The second-order valence-electron chi connectivity index (χ2n) is 0. The minimum atomic E-state index is 0. The Kier molecular flexibility index (Phi) is 1470. The van der Waals surface area contributed by atoms with E-state index in [0.717, 1.165) is 0 Å². The Labute approximate surface area is 151 Å². The quantitative estimate of drug-likeness (QED) is 0.364. The molecule has 0 nitrogen and oxygen atoms in total. The maximum atomic E-state index is 0. The topological polar surface area (TPSA) is 0 Å². The summed E-state index contributed by atoms with van der Waals surface area (Å²) < 4.78 is 0. The third-order valence-electron chi connectivity index (χ3n) is 0. The smallest absolute Gasteiger partial charge is 2.00 e. The van der Waals surface area contributed by atoms with Crippen LogP contribution in [-0.2, 0) is 153 Å². The molecule has 0 saturated heterocycles. The Bertz CT molecular complexity index is 13.6. The van der Waals surface area contributed by atoms with Crippen LogP contribution in [0.1, 0.15) is 0 Å². The van der Waals surface area contributed by atoms with E-state index in [1.54, 1.807) is 0 Å². The second kappa shape index (κ2) is 108. The maximum Gasteiger partial charge on any atom is 6.00 e. The first-order valence-corrected chi connectivity index (χ1v) is 0. The number of hydrogen-bond donors (Lipinski definition) is 0. The molecule has 10 heteroatoms. The normalized spacial score (nSPS) is 0. The molecule has 0 aromatic heterocycles. The van der Waals surface area contributed by atoms with Gasteiger partial charge in [-0.3, -0.25) is 0 Å². The molecular weight excluding hydrogens is 563 g/mol. The Balaban J connectivity index is 0. The van der Waals surface area contributed by atoms with Crippen LogP contribution in [0.25, 0.3) is 0 Å². The van der Waals surface area contributed by atoms with Crippen molar-refractivity contribution in [2.45, 2.75) is 0 Å². The van der Waals surface area contributed by atoms with Crippen molar-refractivity contribution in [3.05, 3.63) is 0 Å². The molecule has 1 radical (unpaired) electrons. The Morgan fingerprint density at radius 3 is 0.400 bits per heavy atom. The summed E-state index contributed by atoms with van der Waals surface area (Å²) in [6.45, 7) is 0. The zero-order chi connectivity index (χ0) is 0. The van der Waals surface area contributed by atoms with Crippen molar-refractivity contribution in [1.82, 2.24) is 0 Å². The van der Waals surface area contributed by atoms with Crippen LogP contribution in [0, 0.1) is 0 Å². The van der Waals surface area contributed by atoms with Crippen LogP contribution in [0.15, 0.2) is 0 Å². The molecule has 63 valence electrons. The molecule has 0 spiro atoms. The SMILES string of the molecule is [Co+2].[Mo+6].[S-2].[S-2].[S-2].[S-2].[S-2].[S-2].[S-2].[W+6]. The molecule has 0 atom stereocenters. The van der Waals surface area contributed by atoms with Gasteiger partial charge in [-0.1, -0.05) is 0 Å². The molecule has 0 rings (SSSR count). The molecular formula is CoMoS7W. The van der Waals surface area contributed by atoms with Gasteiger partial charge < -0.3 is 94.5 Å². The maximum absolute atomic E-state index is 0. The average Bonchev–Trinajstić information content (AvgIpc) is 0. The molecule has 0 aliphatic heterocycles. The van der Waals surface area contributed by atoms with Gasteiger partial charge in [-0.25, -0.2) is 0 Å². The van der Waals surface area contributed by atoms with Crippen LogP contribution in [0.3, 0.4) is 0 Å². The van der Waals surface area contributed by atoms with E-state index < -0.39 is 0 Å². The molecule has 0 unspecified atom stereocenters. The third kappa shape index (κ3) is 84.4. The fourth-order valence-electron chi connectivity index (χ4n) is 0. The van der Waals surface area contributed by atoms with Gasteiger partial charge in [0, 0.05) is 0 Å². The summed E-state index contributed by atoms with van der Waals surface area (Å²) in [5.74, 6) is 0. The van der Waals surface area contributed by atoms with Crippen molar-refractivity contribution in [3.63, 3.8) is 0 Å². The Morgan fingerprint density at radius 2 is 0.400 bits per heavy atom. The first kappa shape index (κ1) is 136. The Hall–Kier alpha value is 4.33. The molecule has 0 aromatic carbocycles. The van der Waals surface area contributed by atoms with E-state index in [-0.39, 0.29) is 153 Å². The van der Waals surface area contributed by atoms with Gasteiger partial charge in [-0.2, -0.15) is 0 Å². The van der Waals surface area contributed by atoms with E-state index in [1.165, 1.54) is 0 Å². The van der Waals surface area contributed by atoms with Crippen LogP contribution in [0.4, 0.5) is 0 Å². The standard InChI is InChI=1S/Co.Mo.7S.W/q+2;+6;7*-2;+6. The minimum absolute atomic E-state index is 0. The van der Waals surface area contributed by atoms with Crippen LogP contribution in [0.2, 0.25) is 0 Å². The molecule has 0 aromatic rings. The van der Waals surface area contributed by atoms with E-state index in [4.69, 9.17) is 0 Å². The fraction of sp³-hybridized carbons (Fsp3) is 0. The van der Waals surface area contributed by atoms with E-state index in [1.807, 2.05) is 0 Å². The summed E-state index contributed by atoms with van der Waals surface area (Å²) >= 11 is 0. The van der Waals surface area contributed by atoms with Crippen LogP contribution >= 0.6 is 0 Å². The van der Waals surface area contributed by atoms with E-state index in [9.17, 15) is 0 Å². The summed E-state index contributed by atoms with van der Waals surface area (Å²) in [6.07, 6.45) is 0. The monoisotopic (exact) mass is 565 g/mol. The first-order valence-electron chi connectivity index (χ1n) is 0. The summed E-state index contributed by atoms with van der Waals surface area (Å²) in [5, 5.41) is 0. The fourth-order valence-corrected chi connectivity index (χ4v) is 0. The van der Waals surface area contributed by atoms with Crippen LogP contribution in [-0.4, -0.2) is 0 Å².